The quantitative estimate of drug-likeness (QED) is 0.698. The number of nitrogens with one attached hydrogen (secondary N) is 1. The topological polar surface area (TPSA) is 80.0 Å². The fourth-order valence-electron chi connectivity index (χ4n) is 2.03. The van der Waals surface area contributed by atoms with Crippen LogP contribution in [0.15, 0.2) is 6.20 Å². The van der Waals surface area contributed by atoms with Crippen molar-refractivity contribution >= 4 is 5.91 Å². The molecular weight excluding hydrogens is 256 g/mol. The molecule has 2 rings (SSSR count). The van der Waals surface area contributed by atoms with Gasteiger partial charge in [-0.1, -0.05) is 19.1 Å². The van der Waals surface area contributed by atoms with E-state index >= 15 is 0 Å². The summed E-state index contributed by atoms with van der Waals surface area (Å²) in [5.41, 5.74) is 0.929. The van der Waals surface area contributed by atoms with Crippen molar-refractivity contribution in [2.75, 3.05) is 13.2 Å². The molecule has 0 aromatic carbocycles. The van der Waals surface area contributed by atoms with Gasteiger partial charge in [0.2, 0.25) is 5.91 Å². The minimum atomic E-state index is -0.0736. The van der Waals surface area contributed by atoms with Gasteiger partial charge in [0, 0.05) is 25.3 Å². The maximum absolute atomic E-state index is 11.8. The summed E-state index contributed by atoms with van der Waals surface area (Å²) >= 11 is 0. The zero-order valence-corrected chi connectivity index (χ0v) is 12.3. The molecule has 6 nitrogen and oxygen atoms in total. The lowest BCUT2D eigenvalue weighted by molar-refractivity contribution is -0.121. The second-order valence-electron chi connectivity index (χ2n) is 6.39. The number of carbonyl (C=O) groups excluding carboxylic acids is 1. The molecule has 0 unspecified atom stereocenters. The molecule has 0 spiro atoms. The van der Waals surface area contributed by atoms with E-state index in [4.69, 9.17) is 5.11 Å². The molecule has 1 aliphatic rings. The molecule has 1 aromatic heterocycles. The first-order valence-corrected chi connectivity index (χ1v) is 7.28. The first-order valence-electron chi connectivity index (χ1n) is 7.28. The predicted octanol–water partition coefficient (Wildman–Crippen LogP) is 1.07. The Labute approximate surface area is 119 Å². The van der Waals surface area contributed by atoms with Crippen molar-refractivity contribution in [3.05, 3.63) is 11.9 Å². The normalized spacial score (nSPS) is 15.3. The second-order valence-corrected chi connectivity index (χ2v) is 6.39. The third-order valence-electron chi connectivity index (χ3n) is 3.64. The summed E-state index contributed by atoms with van der Waals surface area (Å²) in [6, 6.07) is 0. The van der Waals surface area contributed by atoms with Crippen molar-refractivity contribution in [3.63, 3.8) is 0 Å². The Morgan fingerprint density at radius 3 is 2.95 bits per heavy atom. The molecule has 20 heavy (non-hydrogen) atoms. The fourth-order valence-corrected chi connectivity index (χ4v) is 2.03. The SMILES string of the molecule is CC(C)(CO)CCCNC(=O)Cn1cc(C2CC2)nn1. The Morgan fingerprint density at radius 1 is 1.55 bits per heavy atom. The molecule has 1 amide bonds. The Morgan fingerprint density at radius 2 is 2.30 bits per heavy atom. The van der Waals surface area contributed by atoms with Gasteiger partial charge < -0.3 is 10.4 Å². The number of rotatable bonds is 8. The lowest BCUT2D eigenvalue weighted by Gasteiger charge is -2.21. The van der Waals surface area contributed by atoms with Crippen LogP contribution in [-0.4, -0.2) is 39.2 Å². The van der Waals surface area contributed by atoms with Gasteiger partial charge >= 0.3 is 0 Å². The van der Waals surface area contributed by atoms with E-state index in [2.05, 4.69) is 15.6 Å². The molecule has 1 heterocycles. The van der Waals surface area contributed by atoms with Gasteiger partial charge in [-0.3, -0.25) is 4.79 Å². The summed E-state index contributed by atoms with van der Waals surface area (Å²) in [5.74, 6) is 0.520. The highest BCUT2D eigenvalue weighted by atomic mass is 16.3. The first-order chi connectivity index (χ1) is 9.50. The maximum atomic E-state index is 11.8. The molecule has 1 fully saturated rings. The second kappa shape index (κ2) is 6.35. The Kier molecular flexibility index (Phi) is 4.75. The van der Waals surface area contributed by atoms with Gasteiger partial charge in [0.1, 0.15) is 6.54 Å². The van der Waals surface area contributed by atoms with Gasteiger partial charge in [-0.2, -0.15) is 0 Å². The third-order valence-corrected chi connectivity index (χ3v) is 3.64. The summed E-state index contributed by atoms with van der Waals surface area (Å²) in [4.78, 5) is 11.8. The summed E-state index contributed by atoms with van der Waals surface area (Å²) in [5, 5.41) is 20.1. The molecule has 0 bridgehead atoms. The number of aliphatic hydroxyl groups is 1. The highest BCUT2D eigenvalue weighted by molar-refractivity contribution is 5.75. The number of hydrogen-bond donors (Lipinski definition) is 2. The highest BCUT2D eigenvalue weighted by Crippen LogP contribution is 2.38. The first kappa shape index (κ1) is 15.0. The lowest BCUT2D eigenvalue weighted by Crippen LogP contribution is -2.29. The van der Waals surface area contributed by atoms with Crippen LogP contribution >= 0.6 is 0 Å². The van der Waals surface area contributed by atoms with E-state index in [1.807, 2.05) is 20.0 Å². The smallest absolute Gasteiger partial charge is 0.241 e. The molecule has 1 aromatic rings. The standard InChI is InChI=1S/C14H24N4O2/c1-14(2,10-19)6-3-7-15-13(20)9-18-8-12(16-17-18)11-4-5-11/h8,11,19H,3-7,9-10H2,1-2H3,(H,15,20). The molecule has 0 radical (unpaired) electrons. The van der Waals surface area contributed by atoms with Crippen molar-refractivity contribution in [2.24, 2.45) is 5.41 Å². The average Bonchev–Trinajstić information content (AvgIpc) is 3.16. The number of carbonyl (C=O) groups is 1. The molecular formula is C14H24N4O2. The van der Waals surface area contributed by atoms with E-state index in [9.17, 15) is 4.79 Å². The van der Waals surface area contributed by atoms with Crippen molar-refractivity contribution in [3.8, 4) is 0 Å². The molecule has 1 saturated carbocycles. The largest absolute Gasteiger partial charge is 0.396 e. The molecule has 6 heteroatoms. The third kappa shape index (κ3) is 4.59. The predicted molar refractivity (Wildman–Crippen MR) is 75.1 cm³/mol. The monoisotopic (exact) mass is 280 g/mol. The van der Waals surface area contributed by atoms with E-state index in [1.54, 1.807) is 4.68 Å². The van der Waals surface area contributed by atoms with Gasteiger partial charge in [0.15, 0.2) is 0 Å². The van der Waals surface area contributed by atoms with Crippen molar-refractivity contribution in [2.45, 2.75) is 52.0 Å². The van der Waals surface area contributed by atoms with E-state index < -0.39 is 0 Å². The number of aliphatic hydroxyl groups excluding tert-OH is 1. The van der Waals surface area contributed by atoms with Crippen molar-refractivity contribution < 1.29 is 9.90 Å². The molecule has 1 aliphatic carbocycles. The van der Waals surface area contributed by atoms with Gasteiger partial charge in [0.05, 0.1) is 5.69 Å². The van der Waals surface area contributed by atoms with Crippen LogP contribution in [0, 0.1) is 5.41 Å². The molecule has 0 saturated heterocycles. The van der Waals surface area contributed by atoms with Crippen molar-refractivity contribution in [1.82, 2.24) is 20.3 Å². The Balaban J connectivity index is 1.64. The minimum Gasteiger partial charge on any atom is -0.396 e. The Hall–Kier alpha value is -1.43. The number of hydrogen-bond acceptors (Lipinski definition) is 4. The van der Waals surface area contributed by atoms with E-state index in [0.717, 1.165) is 18.5 Å². The summed E-state index contributed by atoms with van der Waals surface area (Å²) in [7, 11) is 0. The summed E-state index contributed by atoms with van der Waals surface area (Å²) < 4.78 is 1.60. The number of amides is 1. The molecule has 112 valence electrons. The fraction of sp³-hybridized carbons (Fsp3) is 0.786. The molecule has 0 atom stereocenters. The summed E-state index contributed by atoms with van der Waals surface area (Å²) in [6.45, 7) is 5.06. The summed E-state index contributed by atoms with van der Waals surface area (Å²) in [6.07, 6.45) is 5.99. The van der Waals surface area contributed by atoms with Gasteiger partial charge in [0.25, 0.3) is 0 Å². The Bertz CT molecular complexity index is 452. The van der Waals surface area contributed by atoms with Crippen LogP contribution in [0.1, 0.15) is 51.1 Å². The van der Waals surface area contributed by atoms with Crippen LogP contribution in [0.2, 0.25) is 0 Å². The van der Waals surface area contributed by atoms with Crippen molar-refractivity contribution in [1.29, 1.82) is 0 Å². The lowest BCUT2D eigenvalue weighted by atomic mass is 9.89. The van der Waals surface area contributed by atoms with Crippen LogP contribution in [0.4, 0.5) is 0 Å². The molecule has 0 aliphatic heterocycles. The van der Waals surface area contributed by atoms with Gasteiger partial charge in [-0.15, -0.1) is 5.10 Å². The zero-order valence-electron chi connectivity index (χ0n) is 12.3. The number of nitrogens with zero attached hydrogens (tertiary/aromatic N) is 3. The van der Waals surface area contributed by atoms with Crippen LogP contribution in [-0.2, 0) is 11.3 Å². The minimum absolute atomic E-state index is 0.0425. The van der Waals surface area contributed by atoms with Gasteiger partial charge in [-0.05, 0) is 31.1 Å². The highest BCUT2D eigenvalue weighted by Gasteiger charge is 2.26. The van der Waals surface area contributed by atoms with E-state index in [1.165, 1.54) is 12.8 Å². The average molecular weight is 280 g/mol. The van der Waals surface area contributed by atoms with Crippen LogP contribution < -0.4 is 5.32 Å². The van der Waals surface area contributed by atoms with E-state index in [-0.39, 0.29) is 24.5 Å². The number of aromatic nitrogens is 3. The zero-order chi connectivity index (χ0) is 14.6. The maximum Gasteiger partial charge on any atom is 0.241 e. The van der Waals surface area contributed by atoms with Crippen LogP contribution in [0.3, 0.4) is 0 Å². The molecule has 2 N–H and O–H groups in total. The van der Waals surface area contributed by atoms with Crippen LogP contribution in [0.25, 0.3) is 0 Å². The van der Waals surface area contributed by atoms with Gasteiger partial charge in [-0.25, -0.2) is 4.68 Å². The van der Waals surface area contributed by atoms with Crippen LogP contribution in [0.5, 0.6) is 0 Å². The van der Waals surface area contributed by atoms with E-state index in [0.29, 0.717) is 12.5 Å².